The number of nitrogens with zero attached hydrogens (tertiary/aromatic N) is 1. The highest BCUT2D eigenvalue weighted by Gasteiger charge is 2.22. The maximum Gasteiger partial charge on any atom is 0.340 e. The van der Waals surface area contributed by atoms with Gasteiger partial charge in [0.2, 0.25) is 0 Å². The molecule has 0 saturated heterocycles. The number of hydrogen-bond acceptors (Lipinski definition) is 5. The molecule has 0 atom stereocenters. The van der Waals surface area contributed by atoms with Crippen LogP contribution in [0.4, 0.5) is 0 Å². The number of rotatable bonds is 6. The molecule has 0 aliphatic heterocycles. The van der Waals surface area contributed by atoms with Gasteiger partial charge in [-0.15, -0.1) is 11.8 Å². The smallest absolute Gasteiger partial charge is 0.340 e. The molecule has 0 amide bonds. The molecule has 5 nitrogen and oxygen atoms in total. The highest BCUT2D eigenvalue weighted by Crippen LogP contribution is 2.32. The van der Waals surface area contributed by atoms with Gasteiger partial charge in [0.25, 0.3) is 0 Å². The van der Waals surface area contributed by atoms with Crippen molar-refractivity contribution in [2.45, 2.75) is 23.9 Å². The van der Waals surface area contributed by atoms with Crippen molar-refractivity contribution >= 4 is 28.6 Å². The van der Waals surface area contributed by atoms with Crippen LogP contribution in [-0.4, -0.2) is 27.9 Å². The Morgan fingerprint density at radius 1 is 1.12 bits per heavy atom. The third-order valence-corrected chi connectivity index (χ3v) is 5.42. The number of benzene rings is 2. The molecule has 0 aliphatic rings. The zero-order chi connectivity index (χ0) is 18.7. The Morgan fingerprint density at radius 3 is 2.54 bits per heavy atom. The normalized spacial score (nSPS) is 11.1. The Kier molecular flexibility index (Phi) is 5.66. The largest absolute Gasteiger partial charge is 0.465 e. The van der Waals surface area contributed by atoms with Gasteiger partial charge in [-0.1, -0.05) is 18.2 Å². The Hall–Kier alpha value is -2.28. The zero-order valence-electron chi connectivity index (χ0n) is 14.7. The van der Waals surface area contributed by atoms with E-state index in [-0.39, 0.29) is 19.2 Å². The number of hydrogen-bond donors (Lipinski definition) is 2. The number of carbonyl (C=O) groups is 1. The van der Waals surface area contributed by atoms with Crippen molar-refractivity contribution in [3.63, 3.8) is 0 Å². The molecule has 3 aromatic rings. The molecule has 0 unspecified atom stereocenters. The molecule has 3 rings (SSSR count). The number of aliphatic hydroxyl groups is 2. The molecular formula is C20H21NO4S. The molecule has 0 saturated carbocycles. The minimum Gasteiger partial charge on any atom is -0.465 e. The summed E-state index contributed by atoms with van der Waals surface area (Å²) in [7, 11) is 3.30. The Balaban J connectivity index is 2.03. The number of aromatic nitrogens is 1. The molecule has 136 valence electrons. The van der Waals surface area contributed by atoms with Crippen molar-refractivity contribution in [2.75, 3.05) is 7.11 Å². The van der Waals surface area contributed by atoms with Crippen LogP contribution >= 0.6 is 11.8 Å². The molecule has 1 aromatic heterocycles. The second-order valence-electron chi connectivity index (χ2n) is 5.98. The minimum absolute atomic E-state index is 0.000211. The van der Waals surface area contributed by atoms with Crippen LogP contribution < -0.4 is 0 Å². The number of ether oxygens (including phenoxy) is 1. The number of methoxy groups -OCH3 is 1. The molecule has 0 bridgehead atoms. The summed E-state index contributed by atoms with van der Waals surface area (Å²) in [6.45, 7) is -0.0801. The van der Waals surface area contributed by atoms with Gasteiger partial charge in [-0.25, -0.2) is 4.79 Å². The van der Waals surface area contributed by atoms with Gasteiger partial charge in [-0.05, 0) is 35.4 Å². The molecule has 0 aliphatic carbocycles. The lowest BCUT2D eigenvalue weighted by molar-refractivity contribution is 0.0601. The van der Waals surface area contributed by atoms with E-state index >= 15 is 0 Å². The second kappa shape index (κ2) is 7.95. The lowest BCUT2D eigenvalue weighted by Crippen LogP contribution is -2.06. The minimum atomic E-state index is -0.384. The van der Waals surface area contributed by atoms with E-state index in [0.29, 0.717) is 11.3 Å². The predicted octanol–water partition coefficient (Wildman–Crippen LogP) is 3.24. The van der Waals surface area contributed by atoms with Crippen molar-refractivity contribution < 1.29 is 19.7 Å². The number of thioether (sulfide) groups is 1. The van der Waals surface area contributed by atoms with Gasteiger partial charge in [0.05, 0.1) is 25.9 Å². The van der Waals surface area contributed by atoms with Crippen molar-refractivity contribution in [1.82, 2.24) is 4.57 Å². The van der Waals surface area contributed by atoms with E-state index in [1.807, 2.05) is 54.1 Å². The van der Waals surface area contributed by atoms with Crippen LogP contribution in [0, 0.1) is 0 Å². The van der Waals surface area contributed by atoms with E-state index in [1.54, 1.807) is 11.8 Å². The first-order valence-electron chi connectivity index (χ1n) is 8.21. The van der Waals surface area contributed by atoms with Crippen LogP contribution in [0.3, 0.4) is 0 Å². The molecule has 0 fully saturated rings. The number of fused-ring (bicyclic) bond motifs is 1. The van der Waals surface area contributed by atoms with E-state index < -0.39 is 0 Å². The van der Waals surface area contributed by atoms with Crippen LogP contribution in [-0.2, 0) is 30.8 Å². The summed E-state index contributed by atoms with van der Waals surface area (Å²) >= 11 is 1.60. The third kappa shape index (κ3) is 3.49. The Morgan fingerprint density at radius 2 is 1.85 bits per heavy atom. The number of aryl methyl sites for hydroxylation is 1. The fourth-order valence-corrected chi connectivity index (χ4v) is 4.08. The summed E-state index contributed by atoms with van der Waals surface area (Å²) in [6.07, 6.45) is 0. The van der Waals surface area contributed by atoms with E-state index in [0.717, 1.165) is 32.6 Å². The molecule has 1 heterocycles. The second-order valence-corrected chi connectivity index (χ2v) is 7.02. The molecule has 0 spiro atoms. The summed E-state index contributed by atoms with van der Waals surface area (Å²) in [5.41, 5.74) is 3.92. The average molecular weight is 371 g/mol. The van der Waals surface area contributed by atoms with Crippen LogP contribution in [0.1, 0.15) is 27.2 Å². The van der Waals surface area contributed by atoms with Gasteiger partial charge in [0.1, 0.15) is 0 Å². The van der Waals surface area contributed by atoms with Gasteiger partial charge in [-0.2, -0.15) is 0 Å². The quantitative estimate of drug-likeness (QED) is 0.514. The van der Waals surface area contributed by atoms with E-state index in [4.69, 9.17) is 4.74 Å². The first-order chi connectivity index (χ1) is 12.6. The average Bonchev–Trinajstić information content (AvgIpc) is 2.97. The van der Waals surface area contributed by atoms with Crippen molar-refractivity contribution in [3.8, 4) is 0 Å². The lowest BCUT2D eigenvalue weighted by Gasteiger charge is -2.08. The summed E-state index contributed by atoms with van der Waals surface area (Å²) < 4.78 is 7.00. The fraction of sp³-hybridized carbons (Fsp3) is 0.250. The zero-order valence-corrected chi connectivity index (χ0v) is 15.5. The molecular weight excluding hydrogens is 350 g/mol. The van der Waals surface area contributed by atoms with Crippen LogP contribution in [0.15, 0.2) is 47.4 Å². The monoisotopic (exact) mass is 371 g/mol. The molecule has 2 aromatic carbocycles. The fourth-order valence-electron chi connectivity index (χ4n) is 3.03. The van der Waals surface area contributed by atoms with Crippen LogP contribution in [0.2, 0.25) is 0 Å². The summed E-state index contributed by atoms with van der Waals surface area (Å²) in [4.78, 5) is 13.5. The van der Waals surface area contributed by atoms with Crippen molar-refractivity contribution in [3.05, 3.63) is 64.8 Å². The van der Waals surface area contributed by atoms with E-state index in [2.05, 4.69) is 0 Å². The van der Waals surface area contributed by atoms with Gasteiger partial charge >= 0.3 is 5.97 Å². The first kappa shape index (κ1) is 18.5. The molecule has 6 heteroatoms. The first-order valence-corrected chi connectivity index (χ1v) is 9.19. The topological polar surface area (TPSA) is 71.7 Å². The summed E-state index contributed by atoms with van der Waals surface area (Å²) in [5.74, 6) is 0.198. The number of aliphatic hydroxyl groups excluding tert-OH is 2. The predicted molar refractivity (Wildman–Crippen MR) is 102 cm³/mol. The number of esters is 1. The number of carbonyl (C=O) groups excluding carboxylic acids is 1. The van der Waals surface area contributed by atoms with Crippen LogP contribution in [0.25, 0.3) is 10.9 Å². The maximum atomic E-state index is 12.4. The van der Waals surface area contributed by atoms with Gasteiger partial charge < -0.3 is 19.5 Å². The summed E-state index contributed by atoms with van der Waals surface area (Å²) in [6, 6.07) is 13.3. The van der Waals surface area contributed by atoms with Gasteiger partial charge in [0, 0.05) is 34.3 Å². The third-order valence-electron chi connectivity index (χ3n) is 4.41. The summed E-state index contributed by atoms with van der Waals surface area (Å²) in [5, 5.41) is 19.5. The van der Waals surface area contributed by atoms with Crippen molar-refractivity contribution in [1.29, 1.82) is 0 Å². The van der Waals surface area contributed by atoms with Crippen LogP contribution in [0.5, 0.6) is 0 Å². The van der Waals surface area contributed by atoms with Gasteiger partial charge in [-0.3, -0.25) is 0 Å². The van der Waals surface area contributed by atoms with Crippen molar-refractivity contribution in [2.24, 2.45) is 7.05 Å². The van der Waals surface area contributed by atoms with E-state index in [9.17, 15) is 15.0 Å². The SMILES string of the molecule is COC(=O)c1c(CSc2cccc(CO)c2)n(C)c2ccc(CO)cc12. The Labute approximate surface area is 156 Å². The molecule has 2 N–H and O–H groups in total. The maximum absolute atomic E-state index is 12.4. The lowest BCUT2D eigenvalue weighted by atomic mass is 10.1. The Bertz CT molecular complexity index is 948. The van der Waals surface area contributed by atoms with Gasteiger partial charge in [0.15, 0.2) is 0 Å². The molecule has 0 radical (unpaired) electrons. The highest BCUT2D eigenvalue weighted by atomic mass is 32.2. The molecule has 26 heavy (non-hydrogen) atoms. The highest BCUT2D eigenvalue weighted by molar-refractivity contribution is 7.98. The standard InChI is InChI=1S/C20H21NO4S/c1-21-17-7-6-14(11-23)9-16(17)19(20(24)25-2)18(21)12-26-15-5-3-4-13(8-15)10-22/h3-9,22-23H,10-12H2,1-2H3. The van der Waals surface area contributed by atoms with E-state index in [1.165, 1.54) is 7.11 Å².